The van der Waals surface area contributed by atoms with Crippen molar-refractivity contribution in [2.75, 3.05) is 11.9 Å². The van der Waals surface area contributed by atoms with Crippen LogP contribution in [0.1, 0.15) is 17.0 Å². The van der Waals surface area contributed by atoms with E-state index in [1.807, 2.05) is 12.1 Å². The van der Waals surface area contributed by atoms with E-state index in [-0.39, 0.29) is 5.69 Å². The Morgan fingerprint density at radius 3 is 2.42 bits per heavy atom. The van der Waals surface area contributed by atoms with Gasteiger partial charge in [-0.15, -0.1) is 0 Å². The molecule has 98 valence electrons. The molecule has 0 aliphatic heterocycles. The molecule has 1 atom stereocenters. The van der Waals surface area contributed by atoms with Gasteiger partial charge < -0.3 is 5.32 Å². The number of fused-ring (bicyclic) bond motifs is 1. The van der Waals surface area contributed by atoms with Crippen LogP contribution >= 0.6 is 0 Å². The fraction of sp³-hybridized carbons (Fsp3) is 0.200. The van der Waals surface area contributed by atoms with Gasteiger partial charge in [0.2, 0.25) is 0 Å². The largest absolute Gasteiger partial charge is 0.384 e. The molecule has 0 spiro atoms. The molecule has 0 radical (unpaired) electrons. The molecular formula is C15H12F3N. The second-order valence-corrected chi connectivity index (χ2v) is 4.73. The summed E-state index contributed by atoms with van der Waals surface area (Å²) in [6, 6.07) is 10.0. The number of hydrogen-bond acceptors (Lipinski definition) is 1. The van der Waals surface area contributed by atoms with Gasteiger partial charge in [-0.05, 0) is 17.5 Å². The molecule has 2 aromatic carbocycles. The topological polar surface area (TPSA) is 12.0 Å². The van der Waals surface area contributed by atoms with E-state index in [2.05, 4.69) is 17.4 Å². The maximum absolute atomic E-state index is 13.0. The maximum atomic E-state index is 13.0. The number of rotatable bonds is 3. The van der Waals surface area contributed by atoms with E-state index >= 15 is 0 Å². The van der Waals surface area contributed by atoms with Gasteiger partial charge in [-0.3, -0.25) is 0 Å². The van der Waals surface area contributed by atoms with Crippen LogP contribution in [0.2, 0.25) is 0 Å². The molecule has 0 aromatic heterocycles. The first-order valence-electron chi connectivity index (χ1n) is 6.11. The molecule has 0 amide bonds. The first-order chi connectivity index (χ1) is 9.15. The lowest BCUT2D eigenvalue weighted by Gasteiger charge is -2.30. The summed E-state index contributed by atoms with van der Waals surface area (Å²) in [5.74, 6) is -3.43. The molecule has 19 heavy (non-hydrogen) atoms. The van der Waals surface area contributed by atoms with Crippen molar-refractivity contribution in [3.05, 3.63) is 65.0 Å². The predicted octanol–water partition coefficient (Wildman–Crippen LogP) is 3.86. The van der Waals surface area contributed by atoms with E-state index in [1.165, 1.54) is 11.1 Å². The number of halogens is 3. The average molecular weight is 263 g/mol. The third kappa shape index (κ3) is 2.18. The number of nitrogens with one attached hydrogen (secondary N) is 1. The van der Waals surface area contributed by atoms with Gasteiger partial charge >= 0.3 is 0 Å². The van der Waals surface area contributed by atoms with Crippen LogP contribution in [0.3, 0.4) is 0 Å². The van der Waals surface area contributed by atoms with Crippen LogP contribution in [0.5, 0.6) is 0 Å². The normalized spacial score (nSPS) is 16.7. The summed E-state index contributed by atoms with van der Waals surface area (Å²) in [6.07, 6.45) is 0.954. The van der Waals surface area contributed by atoms with Gasteiger partial charge in [-0.25, -0.2) is 13.2 Å². The highest BCUT2D eigenvalue weighted by atomic mass is 19.2. The van der Waals surface area contributed by atoms with Gasteiger partial charge in [0.05, 0.1) is 0 Å². The van der Waals surface area contributed by atoms with Crippen LogP contribution in [0.4, 0.5) is 18.9 Å². The Kier molecular flexibility index (Phi) is 2.93. The van der Waals surface area contributed by atoms with Crippen molar-refractivity contribution in [2.45, 2.75) is 12.3 Å². The van der Waals surface area contributed by atoms with E-state index < -0.39 is 17.5 Å². The summed E-state index contributed by atoms with van der Waals surface area (Å²) < 4.78 is 38.9. The molecule has 0 heterocycles. The zero-order chi connectivity index (χ0) is 13.4. The van der Waals surface area contributed by atoms with E-state index in [1.54, 1.807) is 0 Å². The predicted molar refractivity (Wildman–Crippen MR) is 67.7 cm³/mol. The molecule has 2 aromatic rings. The zero-order valence-corrected chi connectivity index (χ0v) is 10.1. The van der Waals surface area contributed by atoms with Gasteiger partial charge in [0.25, 0.3) is 0 Å². The zero-order valence-electron chi connectivity index (χ0n) is 10.1. The molecule has 4 heteroatoms. The van der Waals surface area contributed by atoms with E-state index in [0.717, 1.165) is 18.6 Å². The first kappa shape index (κ1) is 12.1. The minimum absolute atomic E-state index is 0.265. The summed E-state index contributed by atoms with van der Waals surface area (Å²) in [5.41, 5.74) is 2.84. The van der Waals surface area contributed by atoms with Gasteiger partial charge in [0.1, 0.15) is 0 Å². The Bertz CT molecular complexity index is 602. The van der Waals surface area contributed by atoms with Crippen LogP contribution in [-0.2, 0) is 6.42 Å². The third-order valence-electron chi connectivity index (χ3n) is 3.50. The van der Waals surface area contributed by atoms with E-state index in [0.29, 0.717) is 12.5 Å². The molecule has 0 bridgehead atoms. The minimum Gasteiger partial charge on any atom is -0.384 e. The second kappa shape index (κ2) is 4.61. The average Bonchev–Trinajstić information content (AvgIpc) is 2.37. The lowest BCUT2D eigenvalue weighted by Crippen LogP contribution is -2.24. The molecule has 1 aliphatic rings. The van der Waals surface area contributed by atoms with E-state index in [4.69, 9.17) is 0 Å². The summed E-state index contributed by atoms with van der Waals surface area (Å²) in [5, 5.41) is 2.95. The Balaban J connectivity index is 1.68. The molecule has 0 saturated carbocycles. The van der Waals surface area contributed by atoms with Gasteiger partial charge in [0.15, 0.2) is 17.5 Å². The fourth-order valence-corrected chi connectivity index (χ4v) is 2.44. The molecule has 1 unspecified atom stereocenters. The van der Waals surface area contributed by atoms with Crippen molar-refractivity contribution in [1.29, 1.82) is 0 Å². The van der Waals surface area contributed by atoms with Crippen molar-refractivity contribution in [1.82, 2.24) is 0 Å². The SMILES string of the molecule is Fc1cc(NCC2Cc3ccccc32)cc(F)c1F. The lowest BCUT2D eigenvalue weighted by molar-refractivity contribution is 0.447. The Morgan fingerprint density at radius 2 is 1.74 bits per heavy atom. The van der Waals surface area contributed by atoms with Crippen molar-refractivity contribution >= 4 is 5.69 Å². The standard InChI is InChI=1S/C15H12F3N/c16-13-6-11(7-14(17)15(13)18)19-8-10-5-9-3-1-2-4-12(9)10/h1-4,6-7,10,19H,5,8H2. The van der Waals surface area contributed by atoms with Gasteiger partial charge in [-0.2, -0.15) is 0 Å². The molecule has 1 nitrogen and oxygen atoms in total. The smallest absolute Gasteiger partial charge is 0.194 e. The van der Waals surface area contributed by atoms with Gasteiger partial charge in [-0.1, -0.05) is 24.3 Å². The van der Waals surface area contributed by atoms with E-state index in [9.17, 15) is 13.2 Å². The number of anilines is 1. The Morgan fingerprint density at radius 1 is 1.05 bits per heavy atom. The van der Waals surface area contributed by atoms with Crippen LogP contribution in [0.25, 0.3) is 0 Å². The number of benzene rings is 2. The highest BCUT2D eigenvalue weighted by Crippen LogP contribution is 2.34. The lowest BCUT2D eigenvalue weighted by atomic mass is 9.77. The summed E-state index contributed by atoms with van der Waals surface area (Å²) >= 11 is 0. The Hall–Kier alpha value is -1.97. The highest BCUT2D eigenvalue weighted by Gasteiger charge is 2.25. The van der Waals surface area contributed by atoms with Gasteiger partial charge in [0, 0.05) is 30.3 Å². The summed E-state index contributed by atoms with van der Waals surface area (Å²) in [7, 11) is 0. The first-order valence-corrected chi connectivity index (χ1v) is 6.11. The van der Waals surface area contributed by atoms with Crippen molar-refractivity contribution < 1.29 is 13.2 Å². The van der Waals surface area contributed by atoms with Crippen molar-refractivity contribution in [2.24, 2.45) is 0 Å². The minimum atomic E-state index is -1.43. The van der Waals surface area contributed by atoms with Crippen LogP contribution in [0.15, 0.2) is 36.4 Å². The van der Waals surface area contributed by atoms with Crippen LogP contribution in [-0.4, -0.2) is 6.54 Å². The van der Waals surface area contributed by atoms with Crippen LogP contribution in [0, 0.1) is 17.5 Å². The summed E-state index contributed by atoms with van der Waals surface area (Å²) in [6.45, 7) is 0.585. The van der Waals surface area contributed by atoms with Crippen molar-refractivity contribution in [3.8, 4) is 0 Å². The molecular weight excluding hydrogens is 251 g/mol. The highest BCUT2D eigenvalue weighted by molar-refractivity contribution is 5.47. The molecule has 1 N–H and O–H groups in total. The second-order valence-electron chi connectivity index (χ2n) is 4.73. The monoisotopic (exact) mass is 263 g/mol. The number of hydrogen-bond donors (Lipinski definition) is 1. The fourth-order valence-electron chi connectivity index (χ4n) is 2.44. The molecule has 3 rings (SSSR count). The Labute approximate surface area is 109 Å². The molecule has 0 saturated heterocycles. The third-order valence-corrected chi connectivity index (χ3v) is 3.50. The van der Waals surface area contributed by atoms with Crippen molar-refractivity contribution in [3.63, 3.8) is 0 Å². The maximum Gasteiger partial charge on any atom is 0.194 e. The quantitative estimate of drug-likeness (QED) is 0.829. The molecule has 0 fully saturated rings. The van der Waals surface area contributed by atoms with Crippen LogP contribution < -0.4 is 5.32 Å². The molecule has 1 aliphatic carbocycles. The summed E-state index contributed by atoms with van der Waals surface area (Å²) in [4.78, 5) is 0.